The Morgan fingerprint density at radius 1 is 1.33 bits per heavy atom. The molecule has 8 heteroatoms. The average molecular weight is 388 g/mol. The highest BCUT2D eigenvalue weighted by atomic mass is 32.1. The Bertz CT molecular complexity index is 807. The Hall–Kier alpha value is -2.32. The van der Waals surface area contributed by atoms with Crippen molar-refractivity contribution in [3.63, 3.8) is 0 Å². The maximum Gasteiger partial charge on any atom is 0.237 e. The minimum absolute atomic E-state index is 0.0887. The topological polar surface area (TPSA) is 87.2 Å². The molecular weight excluding hydrogens is 362 g/mol. The summed E-state index contributed by atoms with van der Waals surface area (Å²) in [6.45, 7) is 6.43. The summed E-state index contributed by atoms with van der Waals surface area (Å²) in [4.78, 5) is 26.9. The van der Waals surface area contributed by atoms with Gasteiger partial charge >= 0.3 is 0 Å². The number of piperazine rings is 1. The number of hydrogen-bond donors (Lipinski definition) is 2. The van der Waals surface area contributed by atoms with Crippen molar-refractivity contribution in [3.05, 3.63) is 45.4 Å². The standard InChI is InChI=1S/C19H25N5O2S/c1-3-17-22-23-18(27-17)11-21-16(25)10-15-19(26)20-8-9-24(15)12-14-7-5-4-6-13(14)2/h4-7,15H,3,8-12H2,1-2H3,(H,20,26)(H,21,25)/t15-/m1/s1. The monoisotopic (exact) mass is 387 g/mol. The number of aromatic nitrogens is 2. The molecule has 1 saturated heterocycles. The van der Waals surface area contributed by atoms with Crippen LogP contribution in [0.25, 0.3) is 0 Å². The Morgan fingerprint density at radius 3 is 2.85 bits per heavy atom. The Morgan fingerprint density at radius 2 is 2.11 bits per heavy atom. The molecule has 0 bridgehead atoms. The second-order valence-corrected chi connectivity index (χ2v) is 7.77. The summed E-state index contributed by atoms with van der Waals surface area (Å²) in [5, 5.41) is 15.6. The zero-order chi connectivity index (χ0) is 19.2. The van der Waals surface area contributed by atoms with E-state index in [9.17, 15) is 9.59 Å². The van der Waals surface area contributed by atoms with Crippen LogP contribution >= 0.6 is 11.3 Å². The lowest BCUT2D eigenvalue weighted by molar-refractivity contribution is -0.134. The van der Waals surface area contributed by atoms with Crippen molar-refractivity contribution in [3.8, 4) is 0 Å². The van der Waals surface area contributed by atoms with E-state index in [1.165, 1.54) is 22.5 Å². The van der Waals surface area contributed by atoms with Crippen LogP contribution in [0.5, 0.6) is 0 Å². The molecule has 2 aromatic rings. The van der Waals surface area contributed by atoms with E-state index < -0.39 is 6.04 Å². The van der Waals surface area contributed by atoms with Crippen LogP contribution in [0.4, 0.5) is 0 Å². The second-order valence-electron chi connectivity index (χ2n) is 6.63. The van der Waals surface area contributed by atoms with Gasteiger partial charge < -0.3 is 10.6 Å². The molecule has 27 heavy (non-hydrogen) atoms. The van der Waals surface area contributed by atoms with Crippen molar-refractivity contribution in [2.75, 3.05) is 13.1 Å². The first kappa shape index (κ1) is 19.4. The maximum atomic E-state index is 12.4. The number of amides is 2. The first-order chi connectivity index (χ1) is 13.1. The number of nitrogens with one attached hydrogen (secondary N) is 2. The van der Waals surface area contributed by atoms with Crippen molar-refractivity contribution in [2.24, 2.45) is 0 Å². The summed E-state index contributed by atoms with van der Waals surface area (Å²) < 4.78 is 0. The Labute approximate surface area is 163 Å². The molecule has 1 aromatic heterocycles. The van der Waals surface area contributed by atoms with E-state index in [-0.39, 0.29) is 18.2 Å². The SMILES string of the molecule is CCc1nnc(CNC(=O)C[C@@H]2C(=O)NCCN2Cc2ccccc2C)s1. The van der Waals surface area contributed by atoms with Crippen LogP contribution in [-0.4, -0.2) is 46.0 Å². The van der Waals surface area contributed by atoms with Crippen molar-refractivity contribution < 1.29 is 9.59 Å². The summed E-state index contributed by atoms with van der Waals surface area (Å²) in [6, 6.07) is 7.68. The van der Waals surface area contributed by atoms with Gasteiger partial charge in [-0.1, -0.05) is 42.5 Å². The van der Waals surface area contributed by atoms with Gasteiger partial charge in [-0.15, -0.1) is 10.2 Å². The van der Waals surface area contributed by atoms with Crippen LogP contribution < -0.4 is 10.6 Å². The van der Waals surface area contributed by atoms with Crippen molar-refractivity contribution in [2.45, 2.75) is 45.8 Å². The second kappa shape index (κ2) is 9.05. The van der Waals surface area contributed by atoms with Gasteiger partial charge in [0, 0.05) is 19.6 Å². The van der Waals surface area contributed by atoms with E-state index in [0.717, 1.165) is 23.0 Å². The molecule has 7 nitrogen and oxygen atoms in total. The summed E-state index contributed by atoms with van der Waals surface area (Å²) in [5.41, 5.74) is 2.37. The molecule has 1 atom stereocenters. The van der Waals surface area contributed by atoms with Gasteiger partial charge in [0.05, 0.1) is 19.0 Å². The third-order valence-corrected chi connectivity index (χ3v) is 5.77. The van der Waals surface area contributed by atoms with Crippen LogP contribution in [0.3, 0.4) is 0 Å². The van der Waals surface area contributed by atoms with Crippen molar-refractivity contribution >= 4 is 23.2 Å². The van der Waals surface area contributed by atoms with Gasteiger partial charge in [-0.05, 0) is 24.5 Å². The molecular formula is C19H25N5O2S. The van der Waals surface area contributed by atoms with Crippen LogP contribution in [0.1, 0.15) is 34.5 Å². The van der Waals surface area contributed by atoms with Crippen LogP contribution in [-0.2, 0) is 29.1 Å². The number of carbonyl (C=O) groups is 2. The van der Waals surface area contributed by atoms with Crippen LogP contribution in [0.15, 0.2) is 24.3 Å². The quantitative estimate of drug-likeness (QED) is 0.750. The third-order valence-electron chi connectivity index (χ3n) is 4.70. The Balaban J connectivity index is 1.60. The van der Waals surface area contributed by atoms with Gasteiger partial charge in [0.2, 0.25) is 11.8 Å². The highest BCUT2D eigenvalue weighted by Crippen LogP contribution is 2.17. The van der Waals surface area contributed by atoms with Crippen LogP contribution in [0, 0.1) is 6.92 Å². The predicted octanol–water partition coefficient (Wildman–Crippen LogP) is 1.42. The van der Waals surface area contributed by atoms with Crippen molar-refractivity contribution in [1.82, 2.24) is 25.7 Å². The molecule has 1 aliphatic rings. The minimum atomic E-state index is -0.459. The van der Waals surface area contributed by atoms with Gasteiger partial charge in [0.25, 0.3) is 0 Å². The van der Waals surface area contributed by atoms with Gasteiger partial charge in [-0.25, -0.2) is 0 Å². The van der Waals surface area contributed by atoms with Crippen molar-refractivity contribution in [1.29, 1.82) is 0 Å². The van der Waals surface area contributed by atoms with Crippen LogP contribution in [0.2, 0.25) is 0 Å². The zero-order valence-electron chi connectivity index (χ0n) is 15.7. The average Bonchev–Trinajstić information content (AvgIpc) is 3.13. The first-order valence-corrected chi connectivity index (χ1v) is 10.0. The van der Waals surface area contributed by atoms with Gasteiger partial charge in [-0.3, -0.25) is 14.5 Å². The number of aryl methyl sites for hydroxylation is 2. The lowest BCUT2D eigenvalue weighted by atomic mass is 10.0. The number of carbonyl (C=O) groups excluding carboxylic acids is 2. The first-order valence-electron chi connectivity index (χ1n) is 9.21. The zero-order valence-corrected chi connectivity index (χ0v) is 16.5. The number of benzene rings is 1. The van der Waals surface area contributed by atoms with E-state index in [0.29, 0.717) is 19.6 Å². The minimum Gasteiger partial charge on any atom is -0.353 e. The summed E-state index contributed by atoms with van der Waals surface area (Å²) in [6.07, 6.45) is 0.971. The number of rotatable bonds is 7. The number of nitrogens with zero attached hydrogens (tertiary/aromatic N) is 3. The lowest BCUT2D eigenvalue weighted by Gasteiger charge is -2.35. The van der Waals surface area contributed by atoms with E-state index in [4.69, 9.17) is 0 Å². The lowest BCUT2D eigenvalue weighted by Crippen LogP contribution is -2.56. The highest BCUT2D eigenvalue weighted by Gasteiger charge is 2.31. The Kier molecular flexibility index (Phi) is 6.52. The van der Waals surface area contributed by atoms with E-state index in [1.54, 1.807) is 0 Å². The fourth-order valence-corrected chi connectivity index (χ4v) is 3.83. The maximum absolute atomic E-state index is 12.4. The summed E-state index contributed by atoms with van der Waals surface area (Å²) >= 11 is 1.50. The number of hydrogen-bond acceptors (Lipinski definition) is 6. The molecule has 0 spiro atoms. The summed E-state index contributed by atoms with van der Waals surface area (Å²) in [5.74, 6) is -0.241. The molecule has 0 radical (unpaired) electrons. The molecule has 1 fully saturated rings. The smallest absolute Gasteiger partial charge is 0.237 e. The molecule has 0 aliphatic carbocycles. The predicted molar refractivity (Wildman–Crippen MR) is 104 cm³/mol. The van der Waals surface area contributed by atoms with Gasteiger partial charge in [0.15, 0.2) is 0 Å². The largest absolute Gasteiger partial charge is 0.353 e. The van der Waals surface area contributed by atoms with E-state index in [1.807, 2.05) is 19.1 Å². The molecule has 144 valence electrons. The molecule has 2 heterocycles. The van der Waals surface area contributed by atoms with Gasteiger partial charge in [0.1, 0.15) is 10.0 Å². The molecule has 0 unspecified atom stereocenters. The molecule has 2 N–H and O–H groups in total. The highest BCUT2D eigenvalue weighted by molar-refractivity contribution is 7.11. The third kappa shape index (κ3) is 5.11. The van der Waals surface area contributed by atoms with E-state index in [2.05, 4.69) is 44.8 Å². The molecule has 2 amide bonds. The molecule has 3 rings (SSSR count). The molecule has 1 aliphatic heterocycles. The molecule has 0 saturated carbocycles. The summed E-state index contributed by atoms with van der Waals surface area (Å²) in [7, 11) is 0. The van der Waals surface area contributed by atoms with E-state index >= 15 is 0 Å². The van der Waals surface area contributed by atoms with Gasteiger partial charge in [-0.2, -0.15) is 0 Å². The fraction of sp³-hybridized carbons (Fsp3) is 0.474. The fourth-order valence-electron chi connectivity index (χ4n) is 3.10. The molecule has 1 aromatic carbocycles. The normalized spacial score (nSPS) is 17.6.